The highest BCUT2D eigenvalue weighted by Crippen LogP contribution is 2.27. The van der Waals surface area contributed by atoms with Crippen molar-refractivity contribution in [2.45, 2.75) is 13.0 Å². The molecule has 1 aromatic heterocycles. The van der Waals surface area contributed by atoms with Crippen LogP contribution in [0, 0.1) is 5.92 Å². The number of nitrogens with one attached hydrogen (secondary N) is 1. The molecule has 1 fully saturated rings. The van der Waals surface area contributed by atoms with Crippen LogP contribution in [0.1, 0.15) is 12.0 Å². The number of hydrogen-bond donors (Lipinski definition) is 1. The summed E-state index contributed by atoms with van der Waals surface area (Å²) in [6.45, 7) is 4.03. The summed E-state index contributed by atoms with van der Waals surface area (Å²) in [4.78, 5) is 2.50. The summed E-state index contributed by atoms with van der Waals surface area (Å²) in [5.74, 6) is 0.653. The first kappa shape index (κ1) is 17.0. The van der Waals surface area contributed by atoms with E-state index in [1.807, 2.05) is 12.3 Å². The monoisotopic (exact) mass is 347 g/mol. The van der Waals surface area contributed by atoms with Crippen molar-refractivity contribution >= 4 is 0 Å². The second-order valence-corrected chi connectivity index (χ2v) is 7.06. The summed E-state index contributed by atoms with van der Waals surface area (Å²) in [5, 5.41) is 7.49. The van der Waals surface area contributed by atoms with Gasteiger partial charge < -0.3 is 4.74 Å². The van der Waals surface area contributed by atoms with Gasteiger partial charge in [-0.05, 0) is 35.6 Å². The molecule has 0 aliphatic carbocycles. The third-order valence-electron chi connectivity index (χ3n) is 5.16. The number of nitrogens with zero attached hydrogens (tertiary/aromatic N) is 2. The van der Waals surface area contributed by atoms with E-state index in [-0.39, 0.29) is 0 Å². The van der Waals surface area contributed by atoms with Crippen LogP contribution in [0.15, 0.2) is 60.8 Å². The molecule has 2 heterocycles. The first-order valence-corrected chi connectivity index (χ1v) is 9.23. The molecule has 1 saturated heterocycles. The maximum absolute atomic E-state index is 5.30. The molecule has 4 heteroatoms. The first-order chi connectivity index (χ1) is 12.8. The molecule has 4 rings (SSSR count). The van der Waals surface area contributed by atoms with Crippen molar-refractivity contribution < 1.29 is 4.74 Å². The van der Waals surface area contributed by atoms with Gasteiger partial charge in [-0.3, -0.25) is 10.00 Å². The van der Waals surface area contributed by atoms with Crippen molar-refractivity contribution in [3.63, 3.8) is 0 Å². The van der Waals surface area contributed by atoms with E-state index >= 15 is 0 Å². The van der Waals surface area contributed by atoms with E-state index in [0.29, 0.717) is 5.92 Å². The fourth-order valence-electron chi connectivity index (χ4n) is 3.81. The van der Waals surface area contributed by atoms with E-state index in [2.05, 4.69) is 63.6 Å². The fourth-order valence-corrected chi connectivity index (χ4v) is 3.81. The molecule has 0 bridgehead atoms. The number of methoxy groups -OCH3 is 1. The van der Waals surface area contributed by atoms with Crippen molar-refractivity contribution in [3.8, 4) is 22.4 Å². The van der Waals surface area contributed by atoms with E-state index in [9.17, 15) is 0 Å². The normalized spacial score (nSPS) is 17.7. The number of likely N-dealkylation sites (tertiary alicyclic amines) is 1. The number of ether oxygens (including phenoxy) is 1. The Bertz CT molecular complexity index is 826. The lowest BCUT2D eigenvalue weighted by Crippen LogP contribution is -2.21. The van der Waals surface area contributed by atoms with E-state index in [1.165, 1.54) is 28.7 Å². The summed E-state index contributed by atoms with van der Waals surface area (Å²) in [5.41, 5.74) is 6.04. The number of hydrogen-bond acceptors (Lipinski definition) is 3. The number of rotatable bonds is 6. The summed E-state index contributed by atoms with van der Waals surface area (Å²) in [6.07, 6.45) is 3.18. The van der Waals surface area contributed by atoms with Gasteiger partial charge in [-0.2, -0.15) is 5.10 Å². The van der Waals surface area contributed by atoms with Crippen molar-refractivity contribution in [2.75, 3.05) is 26.8 Å². The van der Waals surface area contributed by atoms with Gasteiger partial charge in [0, 0.05) is 25.8 Å². The van der Waals surface area contributed by atoms with Crippen LogP contribution in [0.5, 0.6) is 0 Å². The van der Waals surface area contributed by atoms with Gasteiger partial charge in [-0.25, -0.2) is 0 Å². The van der Waals surface area contributed by atoms with Crippen LogP contribution in [0.2, 0.25) is 0 Å². The van der Waals surface area contributed by atoms with Gasteiger partial charge >= 0.3 is 0 Å². The topological polar surface area (TPSA) is 41.1 Å². The predicted octanol–water partition coefficient (Wildman–Crippen LogP) is 4.21. The quantitative estimate of drug-likeness (QED) is 0.726. The lowest BCUT2D eigenvalue weighted by Gasteiger charge is -2.16. The van der Waals surface area contributed by atoms with Gasteiger partial charge in [0.15, 0.2) is 0 Å². The van der Waals surface area contributed by atoms with Crippen LogP contribution in [-0.4, -0.2) is 41.9 Å². The molecule has 134 valence electrons. The second kappa shape index (κ2) is 7.85. The molecule has 1 aliphatic rings. The molecular weight excluding hydrogens is 322 g/mol. The molecule has 1 N–H and O–H groups in total. The molecule has 1 atom stereocenters. The number of benzene rings is 2. The Hall–Kier alpha value is -2.43. The van der Waals surface area contributed by atoms with Gasteiger partial charge in [0.2, 0.25) is 0 Å². The minimum absolute atomic E-state index is 0.653. The maximum atomic E-state index is 5.30. The van der Waals surface area contributed by atoms with Gasteiger partial charge in [0.05, 0.1) is 18.5 Å². The van der Waals surface area contributed by atoms with E-state index in [1.54, 1.807) is 7.11 Å². The Kier molecular flexibility index (Phi) is 5.14. The SMILES string of the molecule is COC[C@@H]1CCN(Cc2cn[nH]c2-c2ccc(-c3ccccc3)cc2)C1. The van der Waals surface area contributed by atoms with Crippen LogP contribution >= 0.6 is 0 Å². The molecule has 26 heavy (non-hydrogen) atoms. The summed E-state index contributed by atoms with van der Waals surface area (Å²) >= 11 is 0. The second-order valence-electron chi connectivity index (χ2n) is 7.06. The largest absolute Gasteiger partial charge is 0.384 e. The van der Waals surface area contributed by atoms with Crippen molar-refractivity contribution in [2.24, 2.45) is 5.92 Å². The lowest BCUT2D eigenvalue weighted by atomic mass is 10.0. The molecule has 0 amide bonds. The fraction of sp³-hybridized carbons (Fsp3) is 0.318. The Morgan fingerprint density at radius 1 is 1.04 bits per heavy atom. The zero-order valence-corrected chi connectivity index (χ0v) is 15.2. The van der Waals surface area contributed by atoms with Crippen LogP contribution in [0.4, 0.5) is 0 Å². The highest BCUT2D eigenvalue weighted by molar-refractivity contribution is 5.69. The molecule has 0 spiro atoms. The molecule has 0 saturated carbocycles. The number of aromatic amines is 1. The molecule has 0 unspecified atom stereocenters. The Morgan fingerprint density at radius 2 is 1.77 bits per heavy atom. The first-order valence-electron chi connectivity index (χ1n) is 9.23. The Balaban J connectivity index is 1.48. The van der Waals surface area contributed by atoms with Gasteiger partial charge in [-0.1, -0.05) is 54.6 Å². The zero-order valence-electron chi connectivity index (χ0n) is 15.2. The third kappa shape index (κ3) is 3.71. The van der Waals surface area contributed by atoms with E-state index < -0.39 is 0 Å². The number of aromatic nitrogens is 2. The molecule has 2 aromatic carbocycles. The smallest absolute Gasteiger partial charge is 0.0695 e. The van der Waals surface area contributed by atoms with Crippen molar-refractivity contribution in [1.29, 1.82) is 0 Å². The Labute approximate surface area is 154 Å². The molecule has 4 nitrogen and oxygen atoms in total. The average Bonchev–Trinajstić information content (AvgIpc) is 3.33. The standard InChI is InChI=1S/C22H25N3O/c1-26-16-17-11-12-25(14-17)15-21-13-23-24-22(21)20-9-7-19(8-10-20)18-5-3-2-4-6-18/h2-10,13,17H,11-12,14-16H2,1H3,(H,23,24)/t17-/m1/s1. The molecule has 1 aliphatic heterocycles. The maximum Gasteiger partial charge on any atom is 0.0695 e. The van der Waals surface area contributed by atoms with Gasteiger partial charge in [0.1, 0.15) is 0 Å². The van der Waals surface area contributed by atoms with Crippen LogP contribution in [0.25, 0.3) is 22.4 Å². The van der Waals surface area contributed by atoms with E-state index in [4.69, 9.17) is 4.74 Å². The molecular formula is C22H25N3O. The van der Waals surface area contributed by atoms with Crippen molar-refractivity contribution in [1.82, 2.24) is 15.1 Å². The van der Waals surface area contributed by atoms with Crippen LogP contribution in [0.3, 0.4) is 0 Å². The predicted molar refractivity (Wildman–Crippen MR) is 105 cm³/mol. The van der Waals surface area contributed by atoms with Crippen LogP contribution < -0.4 is 0 Å². The minimum atomic E-state index is 0.653. The summed E-state index contributed by atoms with van der Waals surface area (Å²) in [6, 6.07) is 19.2. The summed E-state index contributed by atoms with van der Waals surface area (Å²) < 4.78 is 5.30. The zero-order chi connectivity index (χ0) is 17.8. The Morgan fingerprint density at radius 3 is 2.54 bits per heavy atom. The van der Waals surface area contributed by atoms with Gasteiger partial charge in [0.25, 0.3) is 0 Å². The lowest BCUT2D eigenvalue weighted by molar-refractivity contribution is 0.152. The molecule has 3 aromatic rings. The van der Waals surface area contributed by atoms with E-state index in [0.717, 1.165) is 31.9 Å². The van der Waals surface area contributed by atoms with Crippen LogP contribution in [-0.2, 0) is 11.3 Å². The van der Waals surface area contributed by atoms with Crippen molar-refractivity contribution in [3.05, 3.63) is 66.4 Å². The highest BCUT2D eigenvalue weighted by Gasteiger charge is 2.23. The summed E-state index contributed by atoms with van der Waals surface area (Å²) in [7, 11) is 1.79. The molecule has 0 radical (unpaired) electrons. The third-order valence-corrected chi connectivity index (χ3v) is 5.16. The number of H-pyrrole nitrogens is 1. The minimum Gasteiger partial charge on any atom is -0.384 e. The highest BCUT2D eigenvalue weighted by atomic mass is 16.5. The van der Waals surface area contributed by atoms with Gasteiger partial charge in [-0.15, -0.1) is 0 Å². The average molecular weight is 347 g/mol.